The molecule has 1 aliphatic heterocycles. The molecule has 0 aromatic heterocycles. The molecule has 0 spiro atoms. The smallest absolute Gasteiger partial charge is 0.336 e. The second kappa shape index (κ2) is 9.43. The number of hydrogen-bond donors (Lipinski definition) is 2. The van der Waals surface area contributed by atoms with Crippen molar-refractivity contribution in [3.05, 3.63) is 12.2 Å². The lowest BCUT2D eigenvalue weighted by Crippen LogP contribution is -2.44. The molecule has 0 aromatic rings. The number of ether oxygens (including phenoxy) is 4. The summed E-state index contributed by atoms with van der Waals surface area (Å²) in [6.07, 6.45) is 0.354. The van der Waals surface area contributed by atoms with E-state index in [9.17, 15) is 9.59 Å². The lowest BCUT2D eigenvalue weighted by Gasteiger charge is -2.21. The van der Waals surface area contributed by atoms with Gasteiger partial charge in [-0.25, -0.2) is 9.59 Å². The lowest BCUT2D eigenvalue weighted by atomic mass is 10.2. The van der Waals surface area contributed by atoms with Crippen LogP contribution in [0, 0.1) is 0 Å². The first-order valence-corrected chi connectivity index (χ1v) is 6.12. The summed E-state index contributed by atoms with van der Waals surface area (Å²) < 4.78 is 20.4. The molecule has 114 valence electrons. The third-order valence-electron chi connectivity index (χ3n) is 2.41. The highest BCUT2D eigenvalue weighted by Crippen LogP contribution is 2.07. The van der Waals surface area contributed by atoms with Crippen LogP contribution in [0.25, 0.3) is 0 Å². The highest BCUT2D eigenvalue weighted by molar-refractivity contribution is 5.83. The second-order valence-corrected chi connectivity index (χ2v) is 3.88. The number of carboxylic acid groups (broad SMARTS) is 2. The minimum atomic E-state index is -1.59. The second-order valence-electron chi connectivity index (χ2n) is 3.88. The molecule has 8 heteroatoms. The molecule has 0 aliphatic carbocycles. The Hall–Kier alpha value is -1.48. The summed E-state index contributed by atoms with van der Waals surface area (Å²) in [4.78, 5) is 22.1. The zero-order chi connectivity index (χ0) is 14.8. The van der Waals surface area contributed by atoms with E-state index in [4.69, 9.17) is 29.2 Å². The molecule has 0 saturated heterocycles. The summed E-state index contributed by atoms with van der Waals surface area (Å²) >= 11 is 0. The predicted molar refractivity (Wildman–Crippen MR) is 65.5 cm³/mol. The molecule has 0 fully saturated rings. The average molecular weight is 290 g/mol. The maximum atomic E-state index is 11.1. The molecule has 2 atom stereocenters. The zero-order valence-corrected chi connectivity index (χ0v) is 10.9. The van der Waals surface area contributed by atoms with Crippen LogP contribution in [-0.2, 0) is 28.5 Å². The van der Waals surface area contributed by atoms with Crippen molar-refractivity contribution in [2.45, 2.75) is 12.2 Å². The standard InChI is InChI=1S/C12H18O8/c13-11(14)9-10(12(15)16)20-8-6-18-4-2-1-3-17-5-7-19-9/h1-2,9-10H,3-8H2,(H,13,14)(H,15,16)/b2-1-. The Kier molecular flexibility index (Phi) is 7.81. The molecule has 1 rings (SSSR count). The van der Waals surface area contributed by atoms with Crippen molar-refractivity contribution < 1.29 is 38.7 Å². The van der Waals surface area contributed by atoms with Crippen LogP contribution >= 0.6 is 0 Å². The van der Waals surface area contributed by atoms with Crippen molar-refractivity contribution in [1.82, 2.24) is 0 Å². The number of carboxylic acids is 2. The Balaban J connectivity index is 2.65. The molecule has 1 aliphatic rings. The van der Waals surface area contributed by atoms with Crippen molar-refractivity contribution in [3.8, 4) is 0 Å². The van der Waals surface area contributed by atoms with Gasteiger partial charge >= 0.3 is 11.9 Å². The van der Waals surface area contributed by atoms with E-state index in [1.54, 1.807) is 12.2 Å². The minimum absolute atomic E-state index is 0.0333. The van der Waals surface area contributed by atoms with E-state index in [-0.39, 0.29) is 26.4 Å². The molecule has 0 bridgehead atoms. The summed E-state index contributed by atoms with van der Waals surface area (Å²) in [5, 5.41) is 18.0. The van der Waals surface area contributed by atoms with Crippen LogP contribution < -0.4 is 0 Å². The summed E-state index contributed by atoms with van der Waals surface area (Å²) in [5.41, 5.74) is 0. The molecular formula is C12H18O8. The van der Waals surface area contributed by atoms with Crippen molar-refractivity contribution in [2.75, 3.05) is 39.6 Å². The fourth-order valence-electron chi connectivity index (χ4n) is 1.48. The van der Waals surface area contributed by atoms with Gasteiger partial charge in [-0.3, -0.25) is 0 Å². The van der Waals surface area contributed by atoms with Crippen LogP contribution in [0.15, 0.2) is 12.2 Å². The minimum Gasteiger partial charge on any atom is -0.479 e. The Labute approximate surface area is 115 Å². The maximum absolute atomic E-state index is 11.1. The molecule has 2 N–H and O–H groups in total. The molecule has 0 radical (unpaired) electrons. The maximum Gasteiger partial charge on any atom is 0.336 e. The number of carbonyl (C=O) groups is 2. The first-order chi connectivity index (χ1) is 9.63. The fourth-order valence-corrected chi connectivity index (χ4v) is 1.48. The first-order valence-electron chi connectivity index (χ1n) is 6.12. The first kappa shape index (κ1) is 16.6. The largest absolute Gasteiger partial charge is 0.479 e. The van der Waals surface area contributed by atoms with E-state index < -0.39 is 24.1 Å². The van der Waals surface area contributed by atoms with Crippen molar-refractivity contribution in [1.29, 1.82) is 0 Å². The van der Waals surface area contributed by atoms with E-state index in [0.717, 1.165) is 0 Å². The summed E-state index contributed by atoms with van der Waals surface area (Å²) in [6.45, 7) is 0.943. The van der Waals surface area contributed by atoms with Crippen LogP contribution in [0.3, 0.4) is 0 Å². The Morgan fingerprint density at radius 1 is 0.800 bits per heavy atom. The summed E-state index contributed by atoms with van der Waals surface area (Å²) in [6, 6.07) is 0. The van der Waals surface area contributed by atoms with Crippen molar-refractivity contribution >= 4 is 11.9 Å². The highest BCUT2D eigenvalue weighted by Gasteiger charge is 2.35. The van der Waals surface area contributed by atoms with Gasteiger partial charge in [0.1, 0.15) is 0 Å². The van der Waals surface area contributed by atoms with E-state index in [1.165, 1.54) is 0 Å². The van der Waals surface area contributed by atoms with E-state index in [0.29, 0.717) is 13.2 Å². The van der Waals surface area contributed by atoms with E-state index in [2.05, 4.69) is 0 Å². The number of hydrogen-bond acceptors (Lipinski definition) is 6. The normalized spacial score (nSPS) is 28.2. The monoisotopic (exact) mass is 290 g/mol. The van der Waals surface area contributed by atoms with Crippen molar-refractivity contribution in [3.63, 3.8) is 0 Å². The summed E-state index contributed by atoms with van der Waals surface area (Å²) in [5.74, 6) is -2.80. The average Bonchev–Trinajstić information content (AvgIpc) is 2.40. The molecule has 2 unspecified atom stereocenters. The SMILES string of the molecule is O=C(O)C1OCCOC/C=C\COCCOC1C(=O)O. The molecule has 0 amide bonds. The van der Waals surface area contributed by atoms with Crippen LogP contribution in [0.4, 0.5) is 0 Å². The van der Waals surface area contributed by atoms with Gasteiger partial charge in [-0.1, -0.05) is 12.2 Å². The highest BCUT2D eigenvalue weighted by atomic mass is 16.6. The quantitative estimate of drug-likeness (QED) is 0.656. The van der Waals surface area contributed by atoms with Gasteiger partial charge in [0.15, 0.2) is 12.2 Å². The third kappa shape index (κ3) is 6.11. The zero-order valence-electron chi connectivity index (χ0n) is 10.9. The van der Waals surface area contributed by atoms with Gasteiger partial charge in [0.05, 0.1) is 39.6 Å². The van der Waals surface area contributed by atoms with Gasteiger partial charge < -0.3 is 29.2 Å². The number of aliphatic carboxylic acids is 2. The summed E-state index contributed by atoms with van der Waals surface area (Å²) in [7, 11) is 0. The molecular weight excluding hydrogens is 272 g/mol. The van der Waals surface area contributed by atoms with Gasteiger partial charge in [0.2, 0.25) is 0 Å². The van der Waals surface area contributed by atoms with Crippen molar-refractivity contribution in [2.24, 2.45) is 0 Å². The molecule has 0 aromatic carbocycles. The van der Waals surface area contributed by atoms with E-state index in [1.807, 2.05) is 0 Å². The molecule has 1 heterocycles. The topological polar surface area (TPSA) is 112 Å². The molecule has 8 nitrogen and oxygen atoms in total. The van der Waals surface area contributed by atoms with Crippen LogP contribution in [0.1, 0.15) is 0 Å². The number of rotatable bonds is 2. The Morgan fingerprint density at radius 3 is 1.55 bits per heavy atom. The van der Waals surface area contributed by atoms with Gasteiger partial charge in [0, 0.05) is 0 Å². The van der Waals surface area contributed by atoms with Crippen LogP contribution in [0.5, 0.6) is 0 Å². The lowest BCUT2D eigenvalue weighted by molar-refractivity contribution is -0.178. The van der Waals surface area contributed by atoms with Crippen LogP contribution in [-0.4, -0.2) is 74.0 Å². The van der Waals surface area contributed by atoms with Gasteiger partial charge in [0.25, 0.3) is 0 Å². The fraction of sp³-hybridized carbons (Fsp3) is 0.667. The van der Waals surface area contributed by atoms with Gasteiger partial charge in [-0.15, -0.1) is 0 Å². The van der Waals surface area contributed by atoms with Crippen LogP contribution in [0.2, 0.25) is 0 Å². The van der Waals surface area contributed by atoms with Gasteiger partial charge in [-0.05, 0) is 0 Å². The van der Waals surface area contributed by atoms with E-state index >= 15 is 0 Å². The molecule has 0 saturated carbocycles. The predicted octanol–water partition coefficient (Wildman–Crippen LogP) is -0.471. The molecule has 20 heavy (non-hydrogen) atoms. The van der Waals surface area contributed by atoms with Gasteiger partial charge in [-0.2, -0.15) is 0 Å². The Morgan fingerprint density at radius 2 is 1.20 bits per heavy atom. The third-order valence-corrected chi connectivity index (χ3v) is 2.41. The Bertz CT molecular complexity index is 308.